The van der Waals surface area contributed by atoms with E-state index in [1.165, 1.54) is 37.5 Å². The lowest BCUT2D eigenvalue weighted by atomic mass is 10.1. The summed E-state index contributed by atoms with van der Waals surface area (Å²) in [4.78, 5) is 24.7. The molecule has 34 heavy (non-hydrogen) atoms. The third-order valence-electron chi connectivity index (χ3n) is 4.44. The van der Waals surface area contributed by atoms with Gasteiger partial charge >= 0.3 is 0 Å². The van der Waals surface area contributed by atoms with Gasteiger partial charge in [-0.25, -0.2) is 4.39 Å². The van der Waals surface area contributed by atoms with E-state index in [0.29, 0.717) is 32.0 Å². The van der Waals surface area contributed by atoms with Crippen molar-refractivity contribution in [1.82, 2.24) is 0 Å². The molecule has 0 unspecified atom stereocenters. The van der Waals surface area contributed by atoms with Gasteiger partial charge in [-0.05, 0) is 82.8 Å². The molecule has 0 aromatic heterocycles. The van der Waals surface area contributed by atoms with Crippen LogP contribution in [0.5, 0.6) is 11.5 Å². The van der Waals surface area contributed by atoms with Crippen molar-refractivity contribution < 1.29 is 23.5 Å². The average Bonchev–Trinajstić information content (AvgIpc) is 2.83. The SMILES string of the molecule is COc1cc(/C=C(\C#N)C(=O)Nc2ccc(F)cc2)cc(I)c1OCC(=O)Nc1ccccc1. The van der Waals surface area contributed by atoms with E-state index < -0.39 is 11.7 Å². The molecule has 0 aliphatic heterocycles. The molecule has 0 spiro atoms. The molecule has 172 valence electrons. The van der Waals surface area contributed by atoms with Crippen molar-refractivity contribution in [3.8, 4) is 17.6 Å². The Balaban J connectivity index is 1.73. The molecule has 0 fully saturated rings. The number of amides is 2. The van der Waals surface area contributed by atoms with Crippen molar-refractivity contribution in [3.05, 3.63) is 87.3 Å². The minimum absolute atomic E-state index is 0.155. The summed E-state index contributed by atoms with van der Waals surface area (Å²) in [5, 5.41) is 14.7. The van der Waals surface area contributed by atoms with Crippen molar-refractivity contribution in [2.75, 3.05) is 24.4 Å². The summed E-state index contributed by atoms with van der Waals surface area (Å²) in [6, 6.07) is 19.4. The molecule has 0 aliphatic carbocycles. The zero-order chi connectivity index (χ0) is 24.5. The molecule has 3 rings (SSSR count). The molecule has 3 aromatic carbocycles. The summed E-state index contributed by atoms with van der Waals surface area (Å²) in [6.07, 6.45) is 1.40. The van der Waals surface area contributed by atoms with Crippen molar-refractivity contribution in [1.29, 1.82) is 5.26 Å². The fraction of sp³-hybridized carbons (Fsp3) is 0.0800. The van der Waals surface area contributed by atoms with Crippen molar-refractivity contribution in [2.24, 2.45) is 0 Å². The van der Waals surface area contributed by atoms with Crippen LogP contribution in [-0.4, -0.2) is 25.5 Å². The molecule has 0 atom stereocenters. The normalized spacial score (nSPS) is 10.7. The number of nitriles is 1. The minimum Gasteiger partial charge on any atom is -0.493 e. The first kappa shape index (κ1) is 24.7. The van der Waals surface area contributed by atoms with E-state index in [1.54, 1.807) is 24.3 Å². The monoisotopic (exact) mass is 571 g/mol. The number of carbonyl (C=O) groups is 2. The van der Waals surface area contributed by atoms with E-state index in [0.717, 1.165) is 0 Å². The zero-order valence-electron chi connectivity index (χ0n) is 18.0. The maximum atomic E-state index is 13.1. The highest BCUT2D eigenvalue weighted by atomic mass is 127. The summed E-state index contributed by atoms with van der Waals surface area (Å²) in [5.41, 5.74) is 1.38. The summed E-state index contributed by atoms with van der Waals surface area (Å²) in [5.74, 6) is -0.714. The Kier molecular flexibility index (Phi) is 8.59. The highest BCUT2D eigenvalue weighted by molar-refractivity contribution is 14.1. The fourth-order valence-electron chi connectivity index (χ4n) is 2.87. The molecule has 7 nitrogen and oxygen atoms in total. The molecule has 2 amide bonds. The fourth-order valence-corrected chi connectivity index (χ4v) is 3.65. The molecule has 0 bridgehead atoms. The lowest BCUT2D eigenvalue weighted by molar-refractivity contribution is -0.118. The third-order valence-corrected chi connectivity index (χ3v) is 5.24. The first-order valence-electron chi connectivity index (χ1n) is 9.93. The number of carbonyl (C=O) groups excluding carboxylic acids is 2. The quantitative estimate of drug-likeness (QED) is 0.225. The number of hydrogen-bond acceptors (Lipinski definition) is 5. The largest absolute Gasteiger partial charge is 0.493 e. The highest BCUT2D eigenvalue weighted by Gasteiger charge is 2.15. The number of nitrogens with one attached hydrogen (secondary N) is 2. The second kappa shape index (κ2) is 11.8. The number of benzene rings is 3. The van der Waals surface area contributed by atoms with Crippen LogP contribution in [0.4, 0.5) is 15.8 Å². The number of methoxy groups -OCH3 is 1. The molecule has 2 N–H and O–H groups in total. The van der Waals surface area contributed by atoms with Crippen LogP contribution in [0.1, 0.15) is 5.56 Å². The number of rotatable bonds is 8. The van der Waals surface area contributed by atoms with Crippen LogP contribution in [0, 0.1) is 20.7 Å². The van der Waals surface area contributed by atoms with Crippen molar-refractivity contribution in [2.45, 2.75) is 0 Å². The predicted octanol–water partition coefficient (Wildman–Crippen LogP) is 5.00. The van der Waals surface area contributed by atoms with Gasteiger partial charge in [-0.1, -0.05) is 18.2 Å². The first-order chi connectivity index (χ1) is 16.4. The lowest BCUT2D eigenvalue weighted by Crippen LogP contribution is -2.20. The van der Waals surface area contributed by atoms with Crippen LogP contribution in [0.25, 0.3) is 6.08 Å². The number of anilines is 2. The summed E-state index contributed by atoms with van der Waals surface area (Å²) in [7, 11) is 1.45. The summed E-state index contributed by atoms with van der Waals surface area (Å²) < 4.78 is 24.7. The Morgan fingerprint density at radius 2 is 1.74 bits per heavy atom. The van der Waals surface area contributed by atoms with Gasteiger partial charge in [0.2, 0.25) is 0 Å². The van der Waals surface area contributed by atoms with Gasteiger partial charge in [-0.15, -0.1) is 0 Å². The topological polar surface area (TPSA) is 100 Å². The van der Waals surface area contributed by atoms with E-state index in [1.807, 2.05) is 46.9 Å². The minimum atomic E-state index is -0.638. The molecule has 0 heterocycles. The molecular weight excluding hydrogens is 552 g/mol. The molecule has 9 heteroatoms. The van der Waals surface area contributed by atoms with Crippen LogP contribution < -0.4 is 20.1 Å². The van der Waals surface area contributed by atoms with Crippen LogP contribution in [0.3, 0.4) is 0 Å². The van der Waals surface area contributed by atoms with E-state index in [9.17, 15) is 19.2 Å². The van der Waals surface area contributed by atoms with Gasteiger partial charge in [0, 0.05) is 11.4 Å². The third kappa shape index (κ3) is 6.79. The van der Waals surface area contributed by atoms with Gasteiger partial charge in [-0.2, -0.15) is 5.26 Å². The molecule has 0 saturated heterocycles. The second-order valence-electron chi connectivity index (χ2n) is 6.87. The molecule has 0 aliphatic rings. The Hall–Kier alpha value is -3.91. The Bertz CT molecular complexity index is 1260. The van der Waals surface area contributed by atoms with Crippen molar-refractivity contribution >= 4 is 51.9 Å². The van der Waals surface area contributed by atoms with Crippen LogP contribution in [0.2, 0.25) is 0 Å². The number of para-hydroxylation sites is 1. The molecule has 3 aromatic rings. The Labute approximate surface area is 209 Å². The smallest absolute Gasteiger partial charge is 0.266 e. The average molecular weight is 571 g/mol. The van der Waals surface area contributed by atoms with Gasteiger partial charge in [0.25, 0.3) is 11.8 Å². The van der Waals surface area contributed by atoms with Crippen molar-refractivity contribution in [3.63, 3.8) is 0 Å². The summed E-state index contributed by atoms with van der Waals surface area (Å²) >= 11 is 2.02. The van der Waals surface area contributed by atoms with Gasteiger partial charge in [0.1, 0.15) is 17.5 Å². The van der Waals surface area contributed by atoms with Crippen LogP contribution >= 0.6 is 22.6 Å². The first-order valence-corrected chi connectivity index (χ1v) is 11.0. The highest BCUT2D eigenvalue weighted by Crippen LogP contribution is 2.34. The molecule has 0 radical (unpaired) electrons. The zero-order valence-corrected chi connectivity index (χ0v) is 20.1. The number of nitrogens with zero attached hydrogens (tertiary/aromatic N) is 1. The van der Waals surface area contributed by atoms with Gasteiger partial charge in [-0.3, -0.25) is 9.59 Å². The van der Waals surface area contributed by atoms with E-state index in [4.69, 9.17) is 9.47 Å². The number of hydrogen-bond donors (Lipinski definition) is 2. The Morgan fingerprint density at radius 3 is 2.38 bits per heavy atom. The van der Waals surface area contributed by atoms with E-state index >= 15 is 0 Å². The second-order valence-corrected chi connectivity index (χ2v) is 8.03. The van der Waals surface area contributed by atoms with E-state index in [2.05, 4.69) is 10.6 Å². The van der Waals surface area contributed by atoms with Crippen LogP contribution in [0.15, 0.2) is 72.3 Å². The van der Waals surface area contributed by atoms with Gasteiger partial charge in [0.05, 0.1) is 10.7 Å². The maximum Gasteiger partial charge on any atom is 0.266 e. The summed E-state index contributed by atoms with van der Waals surface area (Å²) in [6.45, 7) is -0.236. The lowest BCUT2D eigenvalue weighted by Gasteiger charge is -2.14. The van der Waals surface area contributed by atoms with Gasteiger partial charge < -0.3 is 20.1 Å². The number of halogens is 2. The van der Waals surface area contributed by atoms with E-state index in [-0.39, 0.29) is 18.1 Å². The number of ether oxygens (including phenoxy) is 2. The van der Waals surface area contributed by atoms with Gasteiger partial charge in [0.15, 0.2) is 18.1 Å². The molecular formula is C25H19FIN3O4. The van der Waals surface area contributed by atoms with Crippen LogP contribution in [-0.2, 0) is 9.59 Å². The predicted molar refractivity (Wildman–Crippen MR) is 135 cm³/mol. The standard InChI is InChI=1S/C25H19FIN3O4/c1-33-22-13-16(11-17(14-28)25(32)30-20-9-7-18(26)8-10-20)12-21(27)24(22)34-15-23(31)29-19-5-3-2-4-6-19/h2-13H,15H2,1H3,(H,29,31)(H,30,32)/b17-11+. The molecule has 0 saturated carbocycles. The maximum absolute atomic E-state index is 13.1. The Morgan fingerprint density at radius 1 is 1.06 bits per heavy atom.